The van der Waals surface area contributed by atoms with Gasteiger partial charge in [-0.05, 0) is 36.5 Å². The minimum atomic E-state index is -0.198. The molecule has 6 nitrogen and oxygen atoms in total. The van der Waals surface area contributed by atoms with Crippen LogP contribution in [0.15, 0.2) is 21.9 Å². The first-order valence-electron chi connectivity index (χ1n) is 6.79. The molecule has 0 fully saturated rings. The molecular formula is C14H20N4O2S. The van der Waals surface area contributed by atoms with Crippen LogP contribution in [0.25, 0.3) is 0 Å². The van der Waals surface area contributed by atoms with Gasteiger partial charge >= 0.3 is 0 Å². The van der Waals surface area contributed by atoms with E-state index in [1.165, 1.54) is 10.6 Å². The van der Waals surface area contributed by atoms with Gasteiger partial charge in [0, 0.05) is 26.4 Å². The van der Waals surface area contributed by atoms with Gasteiger partial charge in [0.15, 0.2) is 0 Å². The van der Waals surface area contributed by atoms with Crippen molar-refractivity contribution in [1.29, 1.82) is 0 Å². The summed E-state index contributed by atoms with van der Waals surface area (Å²) in [4.78, 5) is 25.6. The van der Waals surface area contributed by atoms with Crippen LogP contribution in [0.5, 0.6) is 0 Å². The normalized spacial score (nSPS) is 16.9. The SMILES string of the molecule is CN1N=C(C(=O)NCC(c2ccsc2)N(C)C)CCC1=O. The number of carbonyl (C=O) groups is 2. The molecule has 1 aliphatic heterocycles. The zero-order chi connectivity index (χ0) is 15.4. The van der Waals surface area contributed by atoms with Gasteiger partial charge in [0.25, 0.3) is 5.91 Å². The summed E-state index contributed by atoms with van der Waals surface area (Å²) in [6.07, 6.45) is 0.741. The van der Waals surface area contributed by atoms with Crippen LogP contribution in [0.2, 0.25) is 0 Å². The average Bonchev–Trinajstić information content (AvgIpc) is 2.95. The zero-order valence-corrected chi connectivity index (χ0v) is 13.3. The lowest BCUT2D eigenvalue weighted by molar-refractivity contribution is -0.130. The van der Waals surface area contributed by atoms with Gasteiger partial charge < -0.3 is 10.2 Å². The number of nitrogens with one attached hydrogen (secondary N) is 1. The first-order chi connectivity index (χ1) is 9.99. The second-order valence-corrected chi connectivity index (χ2v) is 5.99. The quantitative estimate of drug-likeness (QED) is 0.885. The molecule has 0 bridgehead atoms. The Morgan fingerprint density at radius 3 is 2.86 bits per heavy atom. The van der Waals surface area contributed by atoms with E-state index in [4.69, 9.17) is 0 Å². The molecule has 1 unspecified atom stereocenters. The standard InChI is InChI=1S/C14H20N4O2S/c1-17(2)12(10-6-7-21-9-10)8-15-14(20)11-4-5-13(19)18(3)16-11/h6-7,9,12H,4-5,8H2,1-3H3,(H,15,20). The summed E-state index contributed by atoms with van der Waals surface area (Å²) in [5, 5.41) is 12.3. The number of likely N-dealkylation sites (N-methyl/N-ethyl adjacent to an activating group) is 1. The third-order valence-corrected chi connectivity index (χ3v) is 4.18. The second kappa shape index (κ2) is 6.82. The van der Waals surface area contributed by atoms with E-state index in [-0.39, 0.29) is 17.9 Å². The monoisotopic (exact) mass is 308 g/mol. The Balaban J connectivity index is 1.97. The molecule has 1 N–H and O–H groups in total. The Labute approximate surface area is 128 Å². The van der Waals surface area contributed by atoms with Crippen LogP contribution >= 0.6 is 11.3 Å². The predicted molar refractivity (Wildman–Crippen MR) is 83.2 cm³/mol. The summed E-state index contributed by atoms with van der Waals surface area (Å²) in [7, 11) is 5.54. The molecule has 0 saturated heterocycles. The number of thiophene rings is 1. The minimum Gasteiger partial charge on any atom is -0.349 e. The topological polar surface area (TPSA) is 65.0 Å². The molecule has 114 valence electrons. The van der Waals surface area contributed by atoms with Crippen molar-refractivity contribution >= 4 is 28.9 Å². The fourth-order valence-corrected chi connectivity index (χ4v) is 2.89. The van der Waals surface area contributed by atoms with E-state index in [0.717, 1.165) is 0 Å². The summed E-state index contributed by atoms with van der Waals surface area (Å²) in [5.41, 5.74) is 1.60. The van der Waals surface area contributed by atoms with Crippen molar-refractivity contribution in [3.8, 4) is 0 Å². The van der Waals surface area contributed by atoms with E-state index in [2.05, 4.69) is 26.8 Å². The number of amides is 2. The number of hydrogen-bond acceptors (Lipinski definition) is 5. The molecular weight excluding hydrogens is 288 g/mol. The van der Waals surface area contributed by atoms with Crippen molar-refractivity contribution in [3.63, 3.8) is 0 Å². The van der Waals surface area contributed by atoms with Crippen molar-refractivity contribution in [1.82, 2.24) is 15.2 Å². The molecule has 7 heteroatoms. The van der Waals surface area contributed by atoms with Crippen LogP contribution in [0, 0.1) is 0 Å². The fourth-order valence-electron chi connectivity index (χ4n) is 2.19. The Kier molecular flexibility index (Phi) is 5.08. The third kappa shape index (κ3) is 3.89. The molecule has 0 radical (unpaired) electrons. The van der Waals surface area contributed by atoms with E-state index in [1.807, 2.05) is 19.5 Å². The van der Waals surface area contributed by atoms with Gasteiger partial charge in [-0.2, -0.15) is 16.4 Å². The van der Waals surface area contributed by atoms with Crippen molar-refractivity contribution < 1.29 is 9.59 Å². The van der Waals surface area contributed by atoms with Crippen molar-refractivity contribution in [2.24, 2.45) is 5.10 Å². The highest BCUT2D eigenvalue weighted by atomic mass is 32.1. The van der Waals surface area contributed by atoms with Gasteiger partial charge in [-0.25, -0.2) is 5.01 Å². The van der Waals surface area contributed by atoms with E-state index in [9.17, 15) is 9.59 Å². The third-order valence-electron chi connectivity index (χ3n) is 3.48. The maximum absolute atomic E-state index is 12.2. The number of carbonyl (C=O) groups excluding carboxylic acids is 2. The molecule has 0 spiro atoms. The highest BCUT2D eigenvalue weighted by Crippen LogP contribution is 2.20. The van der Waals surface area contributed by atoms with E-state index < -0.39 is 0 Å². The highest BCUT2D eigenvalue weighted by Gasteiger charge is 2.23. The maximum Gasteiger partial charge on any atom is 0.267 e. The van der Waals surface area contributed by atoms with Gasteiger partial charge in [-0.3, -0.25) is 9.59 Å². The summed E-state index contributed by atoms with van der Waals surface area (Å²) < 4.78 is 0. The number of rotatable bonds is 5. The van der Waals surface area contributed by atoms with Gasteiger partial charge in [0.2, 0.25) is 5.91 Å². The summed E-state index contributed by atoms with van der Waals surface area (Å²) in [5.74, 6) is -0.257. The van der Waals surface area contributed by atoms with Crippen LogP contribution in [-0.2, 0) is 9.59 Å². The Hall–Kier alpha value is -1.73. The molecule has 2 heterocycles. The molecule has 1 aromatic heterocycles. The average molecular weight is 308 g/mol. The fraction of sp³-hybridized carbons (Fsp3) is 0.500. The number of hydrogen-bond donors (Lipinski definition) is 1. The smallest absolute Gasteiger partial charge is 0.267 e. The van der Waals surface area contributed by atoms with Gasteiger partial charge in [0.05, 0.1) is 6.04 Å². The van der Waals surface area contributed by atoms with Crippen LogP contribution in [0.1, 0.15) is 24.4 Å². The van der Waals surface area contributed by atoms with Gasteiger partial charge in [-0.1, -0.05) is 0 Å². The summed E-state index contributed by atoms with van der Waals surface area (Å²) in [6, 6.07) is 2.19. The molecule has 0 saturated carbocycles. The largest absolute Gasteiger partial charge is 0.349 e. The molecule has 1 atom stereocenters. The molecule has 1 aliphatic rings. The van der Waals surface area contributed by atoms with Crippen molar-refractivity contribution in [2.45, 2.75) is 18.9 Å². The van der Waals surface area contributed by atoms with E-state index in [1.54, 1.807) is 18.4 Å². The van der Waals surface area contributed by atoms with Crippen LogP contribution in [0.4, 0.5) is 0 Å². The van der Waals surface area contributed by atoms with Crippen molar-refractivity contribution in [2.75, 3.05) is 27.7 Å². The Bertz CT molecular complexity index is 539. The first kappa shape index (κ1) is 15.7. The number of nitrogens with zero attached hydrogens (tertiary/aromatic N) is 3. The van der Waals surface area contributed by atoms with Crippen LogP contribution < -0.4 is 5.32 Å². The predicted octanol–water partition coefficient (Wildman–Crippen LogP) is 1.08. The molecule has 2 amide bonds. The molecule has 0 aromatic carbocycles. The Morgan fingerprint density at radius 2 is 2.29 bits per heavy atom. The van der Waals surface area contributed by atoms with E-state index >= 15 is 0 Å². The molecule has 0 aliphatic carbocycles. The maximum atomic E-state index is 12.2. The lowest BCUT2D eigenvalue weighted by atomic mass is 10.1. The molecule has 2 rings (SSSR count). The summed E-state index contributed by atoms with van der Waals surface area (Å²) in [6.45, 7) is 0.513. The van der Waals surface area contributed by atoms with Gasteiger partial charge in [-0.15, -0.1) is 0 Å². The second-order valence-electron chi connectivity index (χ2n) is 5.21. The highest BCUT2D eigenvalue weighted by molar-refractivity contribution is 7.07. The lowest BCUT2D eigenvalue weighted by Gasteiger charge is -2.25. The van der Waals surface area contributed by atoms with Gasteiger partial charge in [0.1, 0.15) is 5.71 Å². The first-order valence-corrected chi connectivity index (χ1v) is 7.74. The van der Waals surface area contributed by atoms with Crippen LogP contribution in [0.3, 0.4) is 0 Å². The van der Waals surface area contributed by atoms with E-state index in [0.29, 0.717) is 25.1 Å². The summed E-state index contributed by atoms with van der Waals surface area (Å²) >= 11 is 1.64. The van der Waals surface area contributed by atoms with Crippen molar-refractivity contribution in [3.05, 3.63) is 22.4 Å². The Morgan fingerprint density at radius 1 is 1.52 bits per heavy atom. The number of hydrazone groups is 1. The molecule has 1 aromatic rings. The molecule has 21 heavy (non-hydrogen) atoms. The lowest BCUT2D eigenvalue weighted by Crippen LogP contribution is -2.41. The zero-order valence-electron chi connectivity index (χ0n) is 12.5. The minimum absolute atomic E-state index is 0.0593. The van der Waals surface area contributed by atoms with Crippen LogP contribution in [-0.4, -0.2) is 55.1 Å².